The van der Waals surface area contributed by atoms with Crippen molar-refractivity contribution in [3.05, 3.63) is 24.3 Å². The number of carboxylic acid groups (broad SMARTS) is 1. The van der Waals surface area contributed by atoms with Crippen molar-refractivity contribution in [1.29, 1.82) is 0 Å². The van der Waals surface area contributed by atoms with Crippen LogP contribution < -0.4 is 15.4 Å². The summed E-state index contributed by atoms with van der Waals surface area (Å²) in [4.78, 5) is 22.2. The Bertz CT molecular complexity index is 467. The third-order valence-electron chi connectivity index (χ3n) is 3.14. The summed E-state index contributed by atoms with van der Waals surface area (Å²) in [5.41, 5.74) is 0.684. The number of carbonyl (C=O) groups excluding carboxylic acids is 1. The number of ether oxygens (including phenoxy) is 1. The second kappa shape index (κ2) is 6.91. The van der Waals surface area contributed by atoms with E-state index in [0.717, 1.165) is 19.5 Å². The number of nitrogens with one attached hydrogen (secondary N) is 2. The fraction of sp³-hybridized carbons (Fsp3) is 0.429. The van der Waals surface area contributed by atoms with E-state index < -0.39 is 5.97 Å². The monoisotopic (exact) mass is 278 g/mol. The van der Waals surface area contributed by atoms with Gasteiger partial charge >= 0.3 is 5.97 Å². The van der Waals surface area contributed by atoms with Crippen molar-refractivity contribution in [2.45, 2.75) is 12.8 Å². The molecule has 1 unspecified atom stereocenters. The van der Waals surface area contributed by atoms with Crippen molar-refractivity contribution < 1.29 is 19.4 Å². The number of hydrogen-bond acceptors (Lipinski definition) is 4. The maximum absolute atomic E-state index is 11.8. The number of amides is 1. The Labute approximate surface area is 117 Å². The third-order valence-corrected chi connectivity index (χ3v) is 3.14. The van der Waals surface area contributed by atoms with E-state index in [0.29, 0.717) is 23.8 Å². The van der Waals surface area contributed by atoms with Gasteiger partial charge in [0, 0.05) is 12.1 Å². The van der Waals surface area contributed by atoms with Gasteiger partial charge in [-0.3, -0.25) is 4.79 Å². The molecule has 1 heterocycles. The molecule has 6 heteroatoms. The second-order valence-corrected chi connectivity index (χ2v) is 4.82. The summed E-state index contributed by atoms with van der Waals surface area (Å²) >= 11 is 0. The zero-order valence-electron chi connectivity index (χ0n) is 11.1. The van der Waals surface area contributed by atoms with E-state index in [2.05, 4.69) is 10.6 Å². The predicted octanol–water partition coefficient (Wildman–Crippen LogP) is 1.09. The van der Waals surface area contributed by atoms with Gasteiger partial charge in [0.1, 0.15) is 5.75 Å². The molecular weight excluding hydrogens is 260 g/mol. The van der Waals surface area contributed by atoms with Crippen LogP contribution in [0, 0.1) is 5.92 Å². The number of hydrogen-bond donors (Lipinski definition) is 3. The minimum atomic E-state index is -1.02. The summed E-state index contributed by atoms with van der Waals surface area (Å²) in [6.07, 6.45) is 1.56. The van der Waals surface area contributed by atoms with Crippen molar-refractivity contribution in [2.24, 2.45) is 5.92 Å². The fourth-order valence-electron chi connectivity index (χ4n) is 2.14. The zero-order chi connectivity index (χ0) is 14.4. The van der Waals surface area contributed by atoms with Crippen molar-refractivity contribution in [2.75, 3.05) is 25.0 Å². The number of carbonyl (C=O) groups is 2. The second-order valence-electron chi connectivity index (χ2n) is 4.82. The molecule has 6 nitrogen and oxygen atoms in total. The van der Waals surface area contributed by atoms with Crippen LogP contribution >= 0.6 is 0 Å². The summed E-state index contributed by atoms with van der Waals surface area (Å²) < 4.78 is 5.01. The van der Waals surface area contributed by atoms with E-state index in [1.54, 1.807) is 24.3 Å². The van der Waals surface area contributed by atoms with E-state index >= 15 is 0 Å². The van der Waals surface area contributed by atoms with Gasteiger partial charge in [-0.25, -0.2) is 4.79 Å². The van der Waals surface area contributed by atoms with Crippen LogP contribution in [0.4, 0.5) is 5.69 Å². The summed E-state index contributed by atoms with van der Waals surface area (Å²) in [5, 5.41) is 14.5. The first-order valence-corrected chi connectivity index (χ1v) is 6.58. The smallest absolute Gasteiger partial charge is 0.341 e. The van der Waals surface area contributed by atoms with Gasteiger partial charge < -0.3 is 20.5 Å². The van der Waals surface area contributed by atoms with Crippen LogP contribution in [-0.2, 0) is 9.59 Å². The van der Waals surface area contributed by atoms with Gasteiger partial charge in [-0.1, -0.05) is 0 Å². The molecule has 20 heavy (non-hydrogen) atoms. The van der Waals surface area contributed by atoms with E-state index in [9.17, 15) is 9.59 Å². The van der Waals surface area contributed by atoms with Crippen molar-refractivity contribution in [3.63, 3.8) is 0 Å². The largest absolute Gasteiger partial charge is 0.482 e. The quantitative estimate of drug-likeness (QED) is 0.725. The molecule has 2 rings (SSSR count). The highest BCUT2D eigenvalue weighted by atomic mass is 16.5. The molecule has 0 radical (unpaired) electrons. The van der Waals surface area contributed by atoms with Gasteiger partial charge in [-0.2, -0.15) is 0 Å². The average Bonchev–Trinajstić information content (AvgIpc) is 2.90. The zero-order valence-corrected chi connectivity index (χ0v) is 11.1. The Morgan fingerprint density at radius 2 is 2.10 bits per heavy atom. The third kappa shape index (κ3) is 4.55. The van der Waals surface area contributed by atoms with Crippen LogP contribution in [0.2, 0.25) is 0 Å². The van der Waals surface area contributed by atoms with Crippen LogP contribution in [0.5, 0.6) is 5.75 Å². The maximum Gasteiger partial charge on any atom is 0.341 e. The summed E-state index contributed by atoms with van der Waals surface area (Å²) in [7, 11) is 0. The molecule has 0 aromatic heterocycles. The van der Waals surface area contributed by atoms with E-state index in [4.69, 9.17) is 9.84 Å². The highest BCUT2D eigenvalue weighted by molar-refractivity contribution is 5.90. The van der Waals surface area contributed by atoms with Gasteiger partial charge in [-0.05, 0) is 49.7 Å². The van der Waals surface area contributed by atoms with Gasteiger partial charge in [0.25, 0.3) is 0 Å². The minimum absolute atomic E-state index is 0.00194. The lowest BCUT2D eigenvalue weighted by Crippen LogP contribution is -2.18. The van der Waals surface area contributed by atoms with Crippen molar-refractivity contribution in [3.8, 4) is 5.75 Å². The first-order valence-electron chi connectivity index (χ1n) is 6.58. The van der Waals surface area contributed by atoms with Crippen LogP contribution in [0.1, 0.15) is 12.8 Å². The SMILES string of the molecule is O=C(O)COc1ccc(NC(=O)CC2CCNC2)cc1. The molecule has 1 atom stereocenters. The molecule has 1 aromatic rings. The number of anilines is 1. The lowest BCUT2D eigenvalue weighted by atomic mass is 10.0. The van der Waals surface area contributed by atoms with E-state index in [1.165, 1.54) is 0 Å². The summed E-state index contributed by atoms with van der Waals surface area (Å²) in [6, 6.07) is 6.66. The molecule has 108 valence electrons. The number of benzene rings is 1. The molecule has 0 spiro atoms. The highest BCUT2D eigenvalue weighted by Gasteiger charge is 2.17. The number of aliphatic carboxylic acids is 1. The van der Waals surface area contributed by atoms with Gasteiger partial charge in [0.15, 0.2) is 6.61 Å². The molecule has 3 N–H and O–H groups in total. The topological polar surface area (TPSA) is 87.7 Å². The molecule has 0 aliphatic carbocycles. The Morgan fingerprint density at radius 3 is 2.70 bits per heavy atom. The van der Waals surface area contributed by atoms with E-state index in [1.807, 2.05) is 0 Å². The van der Waals surface area contributed by atoms with Crippen LogP contribution in [-0.4, -0.2) is 36.7 Å². The molecule has 1 aliphatic rings. The van der Waals surface area contributed by atoms with Crippen LogP contribution in [0.15, 0.2) is 24.3 Å². The molecule has 1 aromatic carbocycles. The highest BCUT2D eigenvalue weighted by Crippen LogP contribution is 2.17. The molecule has 1 amide bonds. The van der Waals surface area contributed by atoms with Gasteiger partial charge in [0.2, 0.25) is 5.91 Å². The first-order chi connectivity index (χ1) is 9.63. The Morgan fingerprint density at radius 1 is 1.35 bits per heavy atom. The standard InChI is InChI=1S/C14H18N2O4/c17-13(7-10-5-6-15-8-10)16-11-1-3-12(4-2-11)20-9-14(18)19/h1-4,10,15H,5-9H2,(H,16,17)(H,18,19). The number of rotatable bonds is 6. The van der Waals surface area contributed by atoms with Crippen molar-refractivity contribution in [1.82, 2.24) is 5.32 Å². The molecule has 1 aliphatic heterocycles. The minimum Gasteiger partial charge on any atom is -0.482 e. The Kier molecular flexibility index (Phi) is 4.95. The normalized spacial score (nSPS) is 17.7. The average molecular weight is 278 g/mol. The summed E-state index contributed by atoms with van der Waals surface area (Å²) in [5.74, 6) is -0.149. The number of carboxylic acids is 1. The van der Waals surface area contributed by atoms with Crippen LogP contribution in [0.3, 0.4) is 0 Å². The lowest BCUT2D eigenvalue weighted by molar-refractivity contribution is -0.139. The molecule has 1 fully saturated rings. The van der Waals surface area contributed by atoms with E-state index in [-0.39, 0.29) is 12.5 Å². The molecule has 0 bridgehead atoms. The lowest BCUT2D eigenvalue weighted by Gasteiger charge is -2.10. The molecule has 1 saturated heterocycles. The van der Waals surface area contributed by atoms with Gasteiger partial charge in [0.05, 0.1) is 0 Å². The molecule has 0 saturated carbocycles. The fourth-order valence-corrected chi connectivity index (χ4v) is 2.14. The van der Waals surface area contributed by atoms with Crippen LogP contribution in [0.25, 0.3) is 0 Å². The Hall–Kier alpha value is -2.08. The van der Waals surface area contributed by atoms with Gasteiger partial charge in [-0.15, -0.1) is 0 Å². The summed E-state index contributed by atoms with van der Waals surface area (Å²) in [6.45, 7) is 1.50. The molecular formula is C14H18N2O4. The predicted molar refractivity (Wildman–Crippen MR) is 73.8 cm³/mol. The van der Waals surface area contributed by atoms with Crippen molar-refractivity contribution >= 4 is 17.6 Å². The maximum atomic E-state index is 11.8. The Balaban J connectivity index is 1.80. The first kappa shape index (κ1) is 14.3.